The van der Waals surface area contributed by atoms with E-state index in [4.69, 9.17) is 4.74 Å². The molecule has 0 aliphatic carbocycles. The first kappa shape index (κ1) is 21.4. The van der Waals surface area contributed by atoms with Crippen LogP contribution in [0.5, 0.6) is 17.2 Å². The van der Waals surface area contributed by atoms with Crippen molar-refractivity contribution in [2.75, 3.05) is 20.2 Å². The normalized spacial score (nSPS) is 11.8. The molecule has 0 atom stereocenters. The smallest absolute Gasteiger partial charge is 0.165 e. The topological polar surface area (TPSA) is 61.7 Å². The second-order valence-electron chi connectivity index (χ2n) is 6.90. The number of halogens is 1. The van der Waals surface area contributed by atoms with Gasteiger partial charge in [0.1, 0.15) is 18.1 Å². The number of allylic oxidation sites excluding steroid dienone is 1. The number of phenols is 2. The number of hydrogen-bond donors (Lipinski definition) is 3. The fourth-order valence-electron chi connectivity index (χ4n) is 3.35. The average Bonchev–Trinajstić information content (AvgIpc) is 2.76. The van der Waals surface area contributed by atoms with Gasteiger partial charge in [-0.1, -0.05) is 37.3 Å². The minimum Gasteiger partial charge on any atom is -0.508 e. The van der Waals surface area contributed by atoms with Crippen LogP contribution in [0.15, 0.2) is 66.7 Å². The Kier molecular flexibility index (Phi) is 7.09. The molecule has 0 aromatic heterocycles. The zero-order chi connectivity index (χ0) is 21.5. The highest BCUT2D eigenvalue weighted by molar-refractivity contribution is 5.98. The number of aromatic hydroxyl groups is 2. The molecule has 0 bridgehead atoms. The Morgan fingerprint density at radius 2 is 1.50 bits per heavy atom. The van der Waals surface area contributed by atoms with Gasteiger partial charge in [-0.25, -0.2) is 4.39 Å². The summed E-state index contributed by atoms with van der Waals surface area (Å²) in [6, 6.07) is 19.2. The molecule has 0 aliphatic rings. The molecule has 30 heavy (non-hydrogen) atoms. The molecule has 3 aromatic carbocycles. The Hall–Kier alpha value is -3.31. The summed E-state index contributed by atoms with van der Waals surface area (Å²) in [6.07, 6.45) is 0.654. The van der Waals surface area contributed by atoms with Crippen molar-refractivity contribution in [2.24, 2.45) is 0 Å². The average molecular weight is 407 g/mol. The van der Waals surface area contributed by atoms with E-state index in [0.29, 0.717) is 18.6 Å². The predicted octanol–water partition coefficient (Wildman–Crippen LogP) is 5.20. The number of benzene rings is 3. The fourth-order valence-corrected chi connectivity index (χ4v) is 3.35. The summed E-state index contributed by atoms with van der Waals surface area (Å²) in [5, 5.41) is 22.3. The van der Waals surface area contributed by atoms with Crippen LogP contribution >= 0.6 is 0 Å². The van der Waals surface area contributed by atoms with Gasteiger partial charge in [-0.2, -0.15) is 0 Å². The lowest BCUT2D eigenvalue weighted by Crippen LogP contribution is -2.15. The lowest BCUT2D eigenvalue weighted by atomic mass is 9.88. The quantitative estimate of drug-likeness (QED) is 0.355. The molecule has 156 valence electrons. The molecule has 0 amide bonds. The summed E-state index contributed by atoms with van der Waals surface area (Å²) >= 11 is 0. The van der Waals surface area contributed by atoms with Gasteiger partial charge >= 0.3 is 0 Å². The minimum absolute atomic E-state index is 0.181. The minimum atomic E-state index is -0.656. The first-order valence-corrected chi connectivity index (χ1v) is 9.92. The van der Waals surface area contributed by atoms with Crippen molar-refractivity contribution in [3.05, 3.63) is 89.2 Å². The van der Waals surface area contributed by atoms with Crippen molar-refractivity contribution in [2.45, 2.75) is 13.3 Å². The van der Waals surface area contributed by atoms with E-state index in [1.54, 1.807) is 18.2 Å². The van der Waals surface area contributed by atoms with E-state index in [2.05, 4.69) is 5.32 Å². The SMILES string of the molecule is CC/C(=C(/c1ccc(O)cc1)c1ccc(OCCNC)cc1)c1ccc(O)c(F)c1. The third-order valence-electron chi connectivity index (χ3n) is 4.87. The van der Waals surface area contributed by atoms with Gasteiger partial charge in [0.15, 0.2) is 11.6 Å². The molecule has 0 saturated carbocycles. The van der Waals surface area contributed by atoms with Gasteiger partial charge in [-0.15, -0.1) is 0 Å². The van der Waals surface area contributed by atoms with Crippen molar-refractivity contribution in [3.8, 4) is 17.2 Å². The third-order valence-corrected chi connectivity index (χ3v) is 4.87. The maximum absolute atomic E-state index is 14.1. The maximum Gasteiger partial charge on any atom is 0.165 e. The number of likely N-dealkylation sites (N-methyl/N-ethyl adjacent to an activating group) is 1. The highest BCUT2D eigenvalue weighted by atomic mass is 19.1. The first-order chi connectivity index (χ1) is 14.5. The van der Waals surface area contributed by atoms with E-state index in [9.17, 15) is 14.6 Å². The molecule has 3 N–H and O–H groups in total. The van der Waals surface area contributed by atoms with E-state index in [1.165, 1.54) is 12.1 Å². The lowest BCUT2D eigenvalue weighted by Gasteiger charge is -2.17. The van der Waals surface area contributed by atoms with Gasteiger partial charge < -0.3 is 20.3 Å². The van der Waals surface area contributed by atoms with Gasteiger partial charge in [0.25, 0.3) is 0 Å². The molecular formula is C25H26FNO3. The van der Waals surface area contributed by atoms with Gasteiger partial charge in [-0.05, 0) is 77.7 Å². The van der Waals surface area contributed by atoms with E-state index in [-0.39, 0.29) is 11.5 Å². The monoisotopic (exact) mass is 407 g/mol. The summed E-state index contributed by atoms with van der Waals surface area (Å²) in [4.78, 5) is 0. The maximum atomic E-state index is 14.1. The van der Waals surface area contributed by atoms with Gasteiger partial charge in [-0.3, -0.25) is 0 Å². The Morgan fingerprint density at radius 3 is 2.07 bits per heavy atom. The van der Waals surface area contributed by atoms with E-state index < -0.39 is 5.82 Å². The number of rotatable bonds is 8. The highest BCUT2D eigenvalue weighted by Gasteiger charge is 2.15. The van der Waals surface area contributed by atoms with Crippen molar-refractivity contribution in [1.82, 2.24) is 5.32 Å². The summed E-state index contributed by atoms with van der Waals surface area (Å²) in [5.74, 6) is -0.0758. The summed E-state index contributed by atoms with van der Waals surface area (Å²) < 4.78 is 19.8. The van der Waals surface area contributed by atoms with Crippen LogP contribution in [0.2, 0.25) is 0 Å². The van der Waals surface area contributed by atoms with Crippen LogP contribution in [0.1, 0.15) is 30.0 Å². The Bertz CT molecular complexity index is 1010. The van der Waals surface area contributed by atoms with Crippen LogP contribution in [0.4, 0.5) is 4.39 Å². The molecule has 0 fully saturated rings. The molecule has 5 heteroatoms. The Morgan fingerprint density at radius 1 is 0.900 bits per heavy atom. The molecular weight excluding hydrogens is 381 g/mol. The largest absolute Gasteiger partial charge is 0.508 e. The molecule has 0 radical (unpaired) electrons. The van der Waals surface area contributed by atoms with Crippen LogP contribution in [-0.2, 0) is 0 Å². The second kappa shape index (κ2) is 9.94. The first-order valence-electron chi connectivity index (χ1n) is 9.92. The number of phenolic OH excluding ortho intramolecular Hbond substituents is 2. The Balaban J connectivity index is 2.11. The molecule has 0 spiro atoms. The van der Waals surface area contributed by atoms with E-state index in [1.807, 2.05) is 50.4 Å². The molecule has 3 rings (SSSR count). The zero-order valence-electron chi connectivity index (χ0n) is 17.2. The molecule has 0 heterocycles. The van der Waals surface area contributed by atoms with Crippen molar-refractivity contribution in [3.63, 3.8) is 0 Å². The second-order valence-corrected chi connectivity index (χ2v) is 6.90. The van der Waals surface area contributed by atoms with E-state index >= 15 is 0 Å². The predicted molar refractivity (Wildman–Crippen MR) is 118 cm³/mol. The lowest BCUT2D eigenvalue weighted by molar-refractivity contribution is 0.318. The van der Waals surface area contributed by atoms with Crippen LogP contribution in [-0.4, -0.2) is 30.4 Å². The van der Waals surface area contributed by atoms with Crippen molar-refractivity contribution < 1.29 is 19.3 Å². The standard InChI is InChI=1S/C25H26FNO3/c1-3-22(19-8-13-24(29)23(26)16-19)25(17-4-9-20(28)10-5-17)18-6-11-21(12-7-18)30-15-14-27-2/h4-13,16,27-29H,3,14-15H2,1-2H3/b25-22+. The Labute approximate surface area is 176 Å². The van der Waals surface area contributed by atoms with E-state index in [0.717, 1.165) is 34.6 Å². The van der Waals surface area contributed by atoms with Crippen molar-refractivity contribution >= 4 is 11.1 Å². The van der Waals surface area contributed by atoms with Crippen LogP contribution in [0, 0.1) is 5.82 Å². The van der Waals surface area contributed by atoms with Gasteiger partial charge in [0.05, 0.1) is 0 Å². The summed E-state index contributed by atoms with van der Waals surface area (Å²) in [7, 11) is 1.87. The van der Waals surface area contributed by atoms with Crippen LogP contribution in [0.25, 0.3) is 11.1 Å². The molecule has 4 nitrogen and oxygen atoms in total. The highest BCUT2D eigenvalue weighted by Crippen LogP contribution is 2.36. The molecule has 0 unspecified atom stereocenters. The number of nitrogens with one attached hydrogen (secondary N) is 1. The fraction of sp³-hybridized carbons (Fsp3) is 0.200. The van der Waals surface area contributed by atoms with Crippen LogP contribution in [0.3, 0.4) is 0 Å². The molecule has 3 aromatic rings. The number of ether oxygens (including phenoxy) is 1. The number of hydrogen-bond acceptors (Lipinski definition) is 4. The molecule has 0 saturated heterocycles. The van der Waals surface area contributed by atoms with Gasteiger partial charge in [0, 0.05) is 6.54 Å². The third kappa shape index (κ3) is 4.99. The zero-order valence-corrected chi connectivity index (χ0v) is 17.2. The summed E-state index contributed by atoms with van der Waals surface area (Å²) in [5.41, 5.74) is 4.42. The summed E-state index contributed by atoms with van der Waals surface area (Å²) in [6.45, 7) is 3.34. The van der Waals surface area contributed by atoms with Crippen molar-refractivity contribution in [1.29, 1.82) is 0 Å². The molecule has 0 aliphatic heterocycles. The van der Waals surface area contributed by atoms with Crippen LogP contribution < -0.4 is 10.1 Å². The van der Waals surface area contributed by atoms with Gasteiger partial charge in [0.2, 0.25) is 0 Å².